The van der Waals surface area contributed by atoms with E-state index in [2.05, 4.69) is 53.6 Å². The van der Waals surface area contributed by atoms with Crippen LogP contribution in [0, 0.1) is 5.92 Å². The smallest absolute Gasteiger partial charge is 0.222 e. The zero-order valence-corrected chi connectivity index (χ0v) is 13.8. The van der Waals surface area contributed by atoms with Gasteiger partial charge in [-0.2, -0.15) is 0 Å². The SMILES string of the molecule is CCN(CC)c1ccc(CNCCNC(=O)C(C)C)cc1. The zero-order chi connectivity index (χ0) is 15.7. The van der Waals surface area contributed by atoms with Crippen molar-refractivity contribution >= 4 is 11.6 Å². The standard InChI is InChI=1S/C17H29N3O/c1-5-20(6-2)16-9-7-15(8-10-16)13-18-11-12-19-17(21)14(3)4/h7-10,14,18H,5-6,11-13H2,1-4H3,(H,19,21). The molecule has 1 aromatic carbocycles. The van der Waals surface area contributed by atoms with Gasteiger partial charge in [0.25, 0.3) is 0 Å². The fraction of sp³-hybridized carbons (Fsp3) is 0.588. The molecule has 2 N–H and O–H groups in total. The Balaban J connectivity index is 2.28. The first-order valence-electron chi connectivity index (χ1n) is 7.90. The average Bonchev–Trinajstić information content (AvgIpc) is 2.49. The Kier molecular flexibility index (Phi) is 7.83. The number of nitrogens with one attached hydrogen (secondary N) is 2. The van der Waals surface area contributed by atoms with E-state index >= 15 is 0 Å². The van der Waals surface area contributed by atoms with Crippen molar-refractivity contribution in [1.29, 1.82) is 0 Å². The molecule has 118 valence electrons. The molecular formula is C17H29N3O. The molecular weight excluding hydrogens is 262 g/mol. The molecule has 0 unspecified atom stereocenters. The molecule has 0 radical (unpaired) electrons. The first-order valence-corrected chi connectivity index (χ1v) is 7.90. The topological polar surface area (TPSA) is 44.4 Å². The van der Waals surface area contributed by atoms with Gasteiger partial charge in [-0.15, -0.1) is 0 Å². The van der Waals surface area contributed by atoms with E-state index in [1.807, 2.05) is 13.8 Å². The molecule has 0 saturated carbocycles. The van der Waals surface area contributed by atoms with Gasteiger partial charge in [-0.1, -0.05) is 26.0 Å². The van der Waals surface area contributed by atoms with Gasteiger partial charge >= 0.3 is 0 Å². The Labute approximate surface area is 128 Å². The molecule has 0 aliphatic rings. The Bertz CT molecular complexity index is 411. The van der Waals surface area contributed by atoms with Crippen LogP contribution >= 0.6 is 0 Å². The number of amides is 1. The van der Waals surface area contributed by atoms with Crippen LogP contribution in [0.2, 0.25) is 0 Å². The van der Waals surface area contributed by atoms with Crippen LogP contribution in [0.4, 0.5) is 5.69 Å². The Hall–Kier alpha value is -1.55. The van der Waals surface area contributed by atoms with E-state index in [-0.39, 0.29) is 11.8 Å². The lowest BCUT2D eigenvalue weighted by Crippen LogP contribution is -2.34. The maximum atomic E-state index is 11.4. The molecule has 1 amide bonds. The number of hydrogen-bond donors (Lipinski definition) is 2. The van der Waals surface area contributed by atoms with Gasteiger partial charge in [0, 0.05) is 44.3 Å². The average molecular weight is 291 g/mol. The molecule has 4 nitrogen and oxygen atoms in total. The van der Waals surface area contributed by atoms with Crippen molar-refractivity contribution in [2.75, 3.05) is 31.1 Å². The third kappa shape index (κ3) is 6.17. The summed E-state index contributed by atoms with van der Waals surface area (Å²) in [6, 6.07) is 8.66. The van der Waals surface area contributed by atoms with E-state index in [1.54, 1.807) is 0 Å². The normalized spacial score (nSPS) is 10.7. The largest absolute Gasteiger partial charge is 0.372 e. The van der Waals surface area contributed by atoms with E-state index < -0.39 is 0 Å². The van der Waals surface area contributed by atoms with E-state index in [1.165, 1.54) is 11.3 Å². The second-order valence-corrected chi connectivity index (χ2v) is 5.46. The van der Waals surface area contributed by atoms with Crippen molar-refractivity contribution in [3.05, 3.63) is 29.8 Å². The third-order valence-electron chi connectivity index (χ3n) is 3.52. The maximum Gasteiger partial charge on any atom is 0.222 e. The van der Waals surface area contributed by atoms with Gasteiger partial charge in [0.05, 0.1) is 0 Å². The number of carbonyl (C=O) groups is 1. The van der Waals surface area contributed by atoms with E-state index in [0.717, 1.165) is 26.2 Å². The second kappa shape index (κ2) is 9.40. The van der Waals surface area contributed by atoms with Crippen LogP contribution in [-0.4, -0.2) is 32.1 Å². The van der Waals surface area contributed by atoms with Gasteiger partial charge in [0.1, 0.15) is 0 Å². The highest BCUT2D eigenvalue weighted by atomic mass is 16.1. The number of rotatable bonds is 9. The highest BCUT2D eigenvalue weighted by molar-refractivity contribution is 5.77. The molecule has 0 aliphatic carbocycles. The van der Waals surface area contributed by atoms with Gasteiger partial charge in [-0.25, -0.2) is 0 Å². The Morgan fingerprint density at radius 3 is 2.24 bits per heavy atom. The Morgan fingerprint density at radius 2 is 1.71 bits per heavy atom. The quantitative estimate of drug-likeness (QED) is 0.687. The molecule has 0 atom stereocenters. The molecule has 4 heteroatoms. The first-order chi connectivity index (χ1) is 10.1. The summed E-state index contributed by atoms with van der Waals surface area (Å²) in [5.41, 5.74) is 2.54. The first kappa shape index (κ1) is 17.5. The fourth-order valence-corrected chi connectivity index (χ4v) is 2.12. The molecule has 0 fully saturated rings. The van der Waals surface area contributed by atoms with Gasteiger partial charge < -0.3 is 15.5 Å². The number of carbonyl (C=O) groups excluding carboxylic acids is 1. The van der Waals surface area contributed by atoms with Crippen molar-refractivity contribution in [2.45, 2.75) is 34.2 Å². The highest BCUT2D eigenvalue weighted by Crippen LogP contribution is 2.14. The summed E-state index contributed by atoms with van der Waals surface area (Å²) in [6.45, 7) is 12.5. The number of benzene rings is 1. The van der Waals surface area contributed by atoms with Crippen LogP contribution in [0.1, 0.15) is 33.3 Å². The molecule has 0 heterocycles. The summed E-state index contributed by atoms with van der Waals surface area (Å²) in [5, 5.41) is 6.24. The summed E-state index contributed by atoms with van der Waals surface area (Å²) in [6.07, 6.45) is 0. The highest BCUT2D eigenvalue weighted by Gasteiger charge is 2.04. The molecule has 0 aromatic heterocycles. The number of hydrogen-bond acceptors (Lipinski definition) is 3. The van der Waals surface area contributed by atoms with Crippen molar-refractivity contribution < 1.29 is 4.79 Å². The lowest BCUT2D eigenvalue weighted by molar-refractivity contribution is -0.123. The molecule has 1 rings (SSSR count). The minimum Gasteiger partial charge on any atom is -0.372 e. The van der Waals surface area contributed by atoms with Crippen LogP contribution in [0.25, 0.3) is 0 Å². The fourth-order valence-electron chi connectivity index (χ4n) is 2.12. The number of nitrogens with zero attached hydrogens (tertiary/aromatic N) is 1. The van der Waals surface area contributed by atoms with Crippen LogP contribution in [0.3, 0.4) is 0 Å². The number of anilines is 1. The van der Waals surface area contributed by atoms with Crippen molar-refractivity contribution in [3.8, 4) is 0 Å². The second-order valence-electron chi connectivity index (χ2n) is 5.46. The lowest BCUT2D eigenvalue weighted by atomic mass is 10.2. The van der Waals surface area contributed by atoms with E-state index in [4.69, 9.17) is 0 Å². The van der Waals surface area contributed by atoms with Crippen molar-refractivity contribution in [3.63, 3.8) is 0 Å². The summed E-state index contributed by atoms with van der Waals surface area (Å²) >= 11 is 0. The van der Waals surface area contributed by atoms with Crippen LogP contribution < -0.4 is 15.5 Å². The van der Waals surface area contributed by atoms with Gasteiger partial charge in [-0.3, -0.25) is 4.79 Å². The lowest BCUT2D eigenvalue weighted by Gasteiger charge is -2.21. The van der Waals surface area contributed by atoms with Gasteiger partial charge in [0.15, 0.2) is 0 Å². The summed E-state index contributed by atoms with van der Waals surface area (Å²) < 4.78 is 0. The van der Waals surface area contributed by atoms with E-state index in [9.17, 15) is 4.79 Å². The summed E-state index contributed by atoms with van der Waals surface area (Å²) in [4.78, 5) is 13.7. The molecule has 0 saturated heterocycles. The molecule has 0 bridgehead atoms. The third-order valence-corrected chi connectivity index (χ3v) is 3.52. The minimum absolute atomic E-state index is 0.0534. The van der Waals surface area contributed by atoms with Crippen molar-refractivity contribution in [1.82, 2.24) is 10.6 Å². The van der Waals surface area contributed by atoms with E-state index in [0.29, 0.717) is 6.54 Å². The molecule has 0 aliphatic heterocycles. The molecule has 21 heavy (non-hydrogen) atoms. The van der Waals surface area contributed by atoms with Crippen LogP contribution in [0.15, 0.2) is 24.3 Å². The van der Waals surface area contributed by atoms with Crippen molar-refractivity contribution in [2.24, 2.45) is 5.92 Å². The Morgan fingerprint density at radius 1 is 1.10 bits per heavy atom. The minimum atomic E-state index is 0.0534. The van der Waals surface area contributed by atoms with Gasteiger partial charge in [0.2, 0.25) is 5.91 Å². The van der Waals surface area contributed by atoms with Crippen LogP contribution in [0.5, 0.6) is 0 Å². The maximum absolute atomic E-state index is 11.4. The zero-order valence-electron chi connectivity index (χ0n) is 13.8. The molecule has 1 aromatic rings. The molecule has 0 spiro atoms. The monoisotopic (exact) mass is 291 g/mol. The summed E-state index contributed by atoms with van der Waals surface area (Å²) in [5.74, 6) is 0.165. The van der Waals surface area contributed by atoms with Crippen LogP contribution in [-0.2, 0) is 11.3 Å². The summed E-state index contributed by atoms with van der Waals surface area (Å²) in [7, 11) is 0. The van der Waals surface area contributed by atoms with Gasteiger partial charge in [-0.05, 0) is 31.5 Å². The predicted octanol–water partition coefficient (Wildman–Crippen LogP) is 2.39. The predicted molar refractivity (Wildman–Crippen MR) is 89.6 cm³/mol.